The monoisotopic (exact) mass is 405 g/mol. The third-order valence-corrected chi connectivity index (χ3v) is 4.42. The zero-order chi connectivity index (χ0) is 21.0. The van der Waals surface area contributed by atoms with Gasteiger partial charge in [0.15, 0.2) is 0 Å². The van der Waals surface area contributed by atoms with Crippen molar-refractivity contribution in [3.05, 3.63) is 90.0 Å². The van der Waals surface area contributed by atoms with Gasteiger partial charge in [0.05, 0.1) is 18.9 Å². The third-order valence-electron chi connectivity index (χ3n) is 4.42. The lowest BCUT2D eigenvalue weighted by atomic mass is 10.1. The van der Waals surface area contributed by atoms with Gasteiger partial charge in [-0.3, -0.25) is 4.79 Å². The summed E-state index contributed by atoms with van der Waals surface area (Å²) in [7, 11) is 0. The van der Waals surface area contributed by atoms with Crippen molar-refractivity contribution in [2.45, 2.75) is 13.3 Å². The second kappa shape index (κ2) is 11.6. The number of para-hydroxylation sites is 2. The van der Waals surface area contributed by atoms with Crippen LogP contribution in [0.5, 0.6) is 11.5 Å². The van der Waals surface area contributed by atoms with Crippen molar-refractivity contribution in [2.24, 2.45) is 0 Å². The molecule has 0 spiro atoms. The molecular weight excluding hydrogens is 378 g/mol. The molecule has 0 saturated carbocycles. The molecule has 5 heteroatoms. The number of nitrogens with one attached hydrogen (secondary N) is 1. The average Bonchev–Trinajstić information content (AvgIpc) is 2.79. The van der Waals surface area contributed by atoms with Gasteiger partial charge < -0.3 is 19.5 Å². The highest BCUT2D eigenvalue weighted by Crippen LogP contribution is 2.25. The summed E-state index contributed by atoms with van der Waals surface area (Å²) in [5.74, 6) is 1.06. The highest BCUT2D eigenvalue weighted by Gasteiger charge is 2.11. The summed E-state index contributed by atoms with van der Waals surface area (Å²) in [5, 5.41) is 2.92. The molecule has 0 saturated heterocycles. The molecule has 3 aromatic carbocycles. The summed E-state index contributed by atoms with van der Waals surface area (Å²) >= 11 is 0. The molecule has 1 amide bonds. The molecule has 0 bridgehead atoms. The number of hydrogen-bond donors (Lipinski definition) is 1. The van der Waals surface area contributed by atoms with E-state index in [1.165, 1.54) is 5.56 Å². The number of benzene rings is 3. The van der Waals surface area contributed by atoms with Crippen LogP contribution in [0.2, 0.25) is 0 Å². The van der Waals surface area contributed by atoms with Crippen LogP contribution in [0.3, 0.4) is 0 Å². The highest BCUT2D eigenvalue weighted by atomic mass is 16.5. The Bertz CT molecular complexity index is 927. The Kier molecular flexibility index (Phi) is 8.30. The number of carbonyl (C=O) groups is 1. The second-order valence-corrected chi connectivity index (χ2v) is 6.61. The van der Waals surface area contributed by atoms with Crippen LogP contribution in [0, 0.1) is 0 Å². The first kappa shape index (κ1) is 21.4. The van der Waals surface area contributed by atoms with E-state index < -0.39 is 0 Å². The maximum Gasteiger partial charge on any atom is 0.255 e. The fourth-order valence-corrected chi connectivity index (χ4v) is 2.90. The minimum absolute atomic E-state index is 0.218. The normalized spacial score (nSPS) is 10.4. The number of anilines is 1. The largest absolute Gasteiger partial charge is 0.493 e. The standard InChI is InChI=1S/C25H27NO4/c1-2-28-17-18-30-24-14-7-6-13-23(24)26-25(27)21-11-8-12-22(19-21)29-16-15-20-9-4-3-5-10-20/h3-14,19H,2,15-18H2,1H3,(H,26,27). The molecule has 156 valence electrons. The zero-order valence-electron chi connectivity index (χ0n) is 17.2. The van der Waals surface area contributed by atoms with Crippen molar-refractivity contribution in [3.63, 3.8) is 0 Å². The van der Waals surface area contributed by atoms with E-state index >= 15 is 0 Å². The molecule has 3 rings (SSSR count). The molecule has 30 heavy (non-hydrogen) atoms. The fourth-order valence-electron chi connectivity index (χ4n) is 2.90. The van der Waals surface area contributed by atoms with E-state index in [-0.39, 0.29) is 5.91 Å². The Morgan fingerprint density at radius 3 is 2.47 bits per heavy atom. The number of carbonyl (C=O) groups excluding carboxylic acids is 1. The molecule has 3 aromatic rings. The summed E-state index contributed by atoms with van der Waals surface area (Å²) in [6.07, 6.45) is 0.809. The highest BCUT2D eigenvalue weighted by molar-refractivity contribution is 6.05. The topological polar surface area (TPSA) is 56.8 Å². The van der Waals surface area contributed by atoms with Crippen LogP contribution in [0.4, 0.5) is 5.69 Å². The molecule has 0 atom stereocenters. The summed E-state index contributed by atoms with van der Waals surface area (Å²) in [6, 6.07) is 24.7. The van der Waals surface area contributed by atoms with E-state index in [4.69, 9.17) is 14.2 Å². The maximum atomic E-state index is 12.7. The van der Waals surface area contributed by atoms with Gasteiger partial charge in [-0.25, -0.2) is 0 Å². The van der Waals surface area contributed by atoms with Gasteiger partial charge in [0.2, 0.25) is 0 Å². The van der Waals surface area contributed by atoms with E-state index in [0.29, 0.717) is 49.2 Å². The molecule has 0 aliphatic carbocycles. The van der Waals surface area contributed by atoms with Crippen LogP contribution in [-0.4, -0.2) is 32.3 Å². The summed E-state index contributed by atoms with van der Waals surface area (Å²) in [4.78, 5) is 12.7. The van der Waals surface area contributed by atoms with Crippen molar-refractivity contribution in [3.8, 4) is 11.5 Å². The molecule has 1 N–H and O–H groups in total. The van der Waals surface area contributed by atoms with Gasteiger partial charge in [0.25, 0.3) is 5.91 Å². The first-order valence-corrected chi connectivity index (χ1v) is 10.1. The van der Waals surface area contributed by atoms with Crippen molar-refractivity contribution >= 4 is 11.6 Å². The lowest BCUT2D eigenvalue weighted by Crippen LogP contribution is -2.14. The SMILES string of the molecule is CCOCCOc1ccccc1NC(=O)c1cccc(OCCc2ccccc2)c1. The Balaban J connectivity index is 1.57. The molecule has 0 aliphatic heterocycles. The summed E-state index contributed by atoms with van der Waals surface area (Å²) in [5.41, 5.74) is 2.36. The van der Waals surface area contributed by atoms with Gasteiger partial charge in [-0.1, -0.05) is 48.5 Å². The van der Waals surface area contributed by atoms with Gasteiger partial charge in [-0.2, -0.15) is 0 Å². The molecule has 0 aromatic heterocycles. The van der Waals surface area contributed by atoms with Crippen LogP contribution >= 0.6 is 0 Å². The number of amides is 1. The van der Waals surface area contributed by atoms with Crippen molar-refractivity contribution in [1.82, 2.24) is 0 Å². The predicted octanol–water partition coefficient (Wildman–Crippen LogP) is 4.98. The van der Waals surface area contributed by atoms with E-state index in [9.17, 15) is 4.79 Å². The van der Waals surface area contributed by atoms with Gasteiger partial charge >= 0.3 is 0 Å². The number of ether oxygens (including phenoxy) is 3. The van der Waals surface area contributed by atoms with E-state index in [1.54, 1.807) is 12.1 Å². The van der Waals surface area contributed by atoms with Crippen LogP contribution < -0.4 is 14.8 Å². The van der Waals surface area contributed by atoms with Gasteiger partial charge in [0.1, 0.15) is 18.1 Å². The van der Waals surface area contributed by atoms with Gasteiger partial charge in [-0.15, -0.1) is 0 Å². The molecular formula is C25H27NO4. The first-order chi connectivity index (χ1) is 14.8. The summed E-state index contributed by atoms with van der Waals surface area (Å²) in [6.45, 7) is 4.05. The average molecular weight is 405 g/mol. The van der Waals surface area contributed by atoms with Crippen molar-refractivity contribution in [1.29, 1.82) is 0 Å². The smallest absolute Gasteiger partial charge is 0.255 e. The van der Waals surface area contributed by atoms with Crippen molar-refractivity contribution < 1.29 is 19.0 Å². The Morgan fingerprint density at radius 2 is 1.63 bits per heavy atom. The van der Waals surface area contributed by atoms with E-state index in [2.05, 4.69) is 17.4 Å². The second-order valence-electron chi connectivity index (χ2n) is 6.61. The first-order valence-electron chi connectivity index (χ1n) is 10.1. The molecule has 0 aliphatic rings. The Morgan fingerprint density at radius 1 is 0.833 bits per heavy atom. The molecule has 5 nitrogen and oxygen atoms in total. The van der Waals surface area contributed by atoms with Crippen molar-refractivity contribution in [2.75, 3.05) is 31.7 Å². The van der Waals surface area contributed by atoms with Crippen LogP contribution in [0.25, 0.3) is 0 Å². The maximum absolute atomic E-state index is 12.7. The minimum atomic E-state index is -0.218. The molecule has 0 unspecified atom stereocenters. The lowest BCUT2D eigenvalue weighted by Gasteiger charge is -2.13. The Hall–Kier alpha value is -3.31. The predicted molar refractivity (Wildman–Crippen MR) is 118 cm³/mol. The zero-order valence-corrected chi connectivity index (χ0v) is 17.2. The molecule has 0 fully saturated rings. The Labute approximate surface area is 177 Å². The number of rotatable bonds is 11. The molecule has 0 heterocycles. The molecule has 0 radical (unpaired) electrons. The van der Waals surface area contributed by atoms with E-state index in [0.717, 1.165) is 6.42 Å². The quantitative estimate of drug-likeness (QED) is 0.457. The van der Waals surface area contributed by atoms with Crippen LogP contribution in [-0.2, 0) is 11.2 Å². The van der Waals surface area contributed by atoms with E-state index in [1.807, 2.05) is 61.5 Å². The van der Waals surface area contributed by atoms with Crippen LogP contribution in [0.1, 0.15) is 22.8 Å². The summed E-state index contributed by atoms with van der Waals surface area (Å²) < 4.78 is 16.9. The fraction of sp³-hybridized carbons (Fsp3) is 0.240. The van der Waals surface area contributed by atoms with Gasteiger partial charge in [0, 0.05) is 18.6 Å². The van der Waals surface area contributed by atoms with Gasteiger partial charge in [-0.05, 0) is 42.8 Å². The third kappa shape index (κ3) is 6.64. The van der Waals surface area contributed by atoms with Crippen LogP contribution in [0.15, 0.2) is 78.9 Å². The number of hydrogen-bond acceptors (Lipinski definition) is 4. The minimum Gasteiger partial charge on any atom is -0.493 e. The lowest BCUT2D eigenvalue weighted by molar-refractivity contribution is 0.102.